The fraction of sp³-hybridized carbons (Fsp3) is 0.647. The van der Waals surface area contributed by atoms with Crippen molar-refractivity contribution in [1.82, 2.24) is 4.90 Å². The van der Waals surface area contributed by atoms with Gasteiger partial charge in [-0.05, 0) is 50.4 Å². The second kappa shape index (κ2) is 7.44. The Balaban J connectivity index is 2.07. The second-order valence-electron chi connectivity index (χ2n) is 6.30. The normalized spacial score (nSPS) is 20.1. The molecule has 0 spiro atoms. The van der Waals surface area contributed by atoms with Gasteiger partial charge >= 0.3 is 0 Å². The third-order valence-electron chi connectivity index (χ3n) is 4.43. The number of halogens is 1. The van der Waals surface area contributed by atoms with Crippen LogP contribution in [0.1, 0.15) is 50.6 Å². The molecule has 0 radical (unpaired) electrons. The highest BCUT2D eigenvalue weighted by Crippen LogP contribution is 2.29. The van der Waals surface area contributed by atoms with E-state index in [1.807, 2.05) is 18.2 Å². The molecule has 1 aliphatic rings. The predicted molar refractivity (Wildman–Crippen MR) is 87.0 cm³/mol. The van der Waals surface area contributed by atoms with Crippen LogP contribution in [-0.2, 0) is 0 Å². The molecule has 2 nitrogen and oxygen atoms in total. The number of rotatable bonds is 5. The van der Waals surface area contributed by atoms with Crippen molar-refractivity contribution in [1.29, 1.82) is 0 Å². The quantitative estimate of drug-likeness (QED) is 0.880. The first-order valence-corrected chi connectivity index (χ1v) is 8.17. The average molecular weight is 295 g/mol. The van der Waals surface area contributed by atoms with E-state index in [1.165, 1.54) is 37.7 Å². The minimum Gasteiger partial charge on any atom is -0.326 e. The molecule has 0 bridgehead atoms. The highest BCUT2D eigenvalue weighted by Gasteiger charge is 2.24. The van der Waals surface area contributed by atoms with Gasteiger partial charge < -0.3 is 5.73 Å². The van der Waals surface area contributed by atoms with Crippen molar-refractivity contribution in [3.8, 4) is 0 Å². The minimum atomic E-state index is 0.0991. The van der Waals surface area contributed by atoms with E-state index in [1.54, 1.807) is 0 Å². The van der Waals surface area contributed by atoms with Crippen LogP contribution < -0.4 is 5.73 Å². The van der Waals surface area contributed by atoms with Crippen molar-refractivity contribution in [2.24, 2.45) is 11.7 Å². The third kappa shape index (κ3) is 4.21. The average Bonchev–Trinajstić information content (AvgIpc) is 2.39. The first kappa shape index (κ1) is 15.8. The number of likely N-dealkylation sites (N-methyl/N-ethyl adjacent to an activating group) is 1. The fourth-order valence-corrected chi connectivity index (χ4v) is 3.74. The van der Waals surface area contributed by atoms with E-state index in [9.17, 15) is 0 Å². The Morgan fingerprint density at radius 3 is 2.60 bits per heavy atom. The molecule has 1 aromatic carbocycles. The zero-order chi connectivity index (χ0) is 14.5. The summed E-state index contributed by atoms with van der Waals surface area (Å²) in [6, 6.07) is 8.47. The molecule has 1 saturated carbocycles. The summed E-state index contributed by atoms with van der Waals surface area (Å²) >= 11 is 6.13. The van der Waals surface area contributed by atoms with Crippen molar-refractivity contribution in [2.75, 3.05) is 13.6 Å². The molecule has 0 amide bonds. The lowest BCUT2D eigenvalue weighted by Crippen LogP contribution is -2.39. The molecule has 0 heterocycles. The zero-order valence-corrected chi connectivity index (χ0v) is 13.4. The lowest BCUT2D eigenvalue weighted by molar-refractivity contribution is 0.167. The Labute approximate surface area is 128 Å². The molecular formula is C17H27ClN2. The molecule has 1 aliphatic carbocycles. The van der Waals surface area contributed by atoms with Crippen LogP contribution in [-0.4, -0.2) is 24.5 Å². The van der Waals surface area contributed by atoms with E-state index >= 15 is 0 Å². The van der Waals surface area contributed by atoms with E-state index < -0.39 is 0 Å². The van der Waals surface area contributed by atoms with Gasteiger partial charge in [0.15, 0.2) is 0 Å². The fourth-order valence-electron chi connectivity index (χ4n) is 3.54. The molecule has 3 heteroatoms. The zero-order valence-electron chi connectivity index (χ0n) is 12.7. The summed E-state index contributed by atoms with van der Waals surface area (Å²) in [4.78, 5) is 2.42. The molecule has 0 saturated heterocycles. The molecule has 0 aromatic heterocycles. The minimum absolute atomic E-state index is 0.0991. The van der Waals surface area contributed by atoms with Gasteiger partial charge in [-0.3, -0.25) is 4.90 Å². The van der Waals surface area contributed by atoms with Crippen LogP contribution in [0.2, 0.25) is 5.02 Å². The Morgan fingerprint density at radius 1 is 1.30 bits per heavy atom. The van der Waals surface area contributed by atoms with Crippen LogP contribution in [0.15, 0.2) is 24.3 Å². The van der Waals surface area contributed by atoms with Crippen molar-refractivity contribution in [2.45, 2.75) is 51.1 Å². The molecule has 0 aliphatic heterocycles. The Bertz CT molecular complexity index is 413. The van der Waals surface area contributed by atoms with Gasteiger partial charge in [0, 0.05) is 23.7 Å². The molecule has 2 unspecified atom stereocenters. The number of nitrogens with zero attached hydrogens (tertiary/aromatic N) is 1. The number of hydrogen-bond donors (Lipinski definition) is 1. The maximum Gasteiger partial charge on any atom is 0.0494 e. The van der Waals surface area contributed by atoms with Crippen molar-refractivity contribution < 1.29 is 0 Å². The molecule has 2 rings (SSSR count). The summed E-state index contributed by atoms with van der Waals surface area (Å²) in [5.41, 5.74) is 7.47. The van der Waals surface area contributed by atoms with Gasteiger partial charge in [0.05, 0.1) is 0 Å². The lowest BCUT2D eigenvalue weighted by atomic mass is 9.88. The van der Waals surface area contributed by atoms with E-state index in [2.05, 4.69) is 24.9 Å². The maximum atomic E-state index is 6.24. The first-order valence-electron chi connectivity index (χ1n) is 7.79. The van der Waals surface area contributed by atoms with E-state index in [4.69, 9.17) is 17.3 Å². The van der Waals surface area contributed by atoms with E-state index in [0.717, 1.165) is 17.5 Å². The van der Waals surface area contributed by atoms with Gasteiger partial charge in [-0.1, -0.05) is 43.0 Å². The Kier molecular flexibility index (Phi) is 5.88. The molecule has 112 valence electrons. The Morgan fingerprint density at radius 2 is 2.00 bits per heavy atom. The number of nitrogens with two attached hydrogens (primary N) is 1. The summed E-state index contributed by atoms with van der Waals surface area (Å²) in [6.45, 7) is 3.22. The summed E-state index contributed by atoms with van der Waals surface area (Å²) in [7, 11) is 2.20. The first-order chi connectivity index (χ1) is 9.58. The smallest absolute Gasteiger partial charge is 0.0494 e. The van der Waals surface area contributed by atoms with Crippen LogP contribution >= 0.6 is 11.6 Å². The van der Waals surface area contributed by atoms with Crippen molar-refractivity contribution in [3.05, 3.63) is 34.9 Å². The monoisotopic (exact) mass is 294 g/mol. The van der Waals surface area contributed by atoms with Gasteiger partial charge in [-0.15, -0.1) is 0 Å². The molecule has 2 atom stereocenters. The van der Waals surface area contributed by atoms with Crippen LogP contribution in [0, 0.1) is 5.92 Å². The maximum absolute atomic E-state index is 6.24. The molecule has 20 heavy (non-hydrogen) atoms. The second-order valence-corrected chi connectivity index (χ2v) is 6.74. The summed E-state index contributed by atoms with van der Waals surface area (Å²) < 4.78 is 0. The van der Waals surface area contributed by atoms with Crippen molar-refractivity contribution >= 4 is 11.6 Å². The number of hydrogen-bond acceptors (Lipinski definition) is 2. The van der Waals surface area contributed by atoms with Crippen LogP contribution in [0.4, 0.5) is 0 Å². The predicted octanol–water partition coefficient (Wildman–Crippen LogP) is 4.24. The summed E-state index contributed by atoms with van der Waals surface area (Å²) in [5, 5.41) is 0.791. The molecule has 1 aromatic rings. The number of benzene rings is 1. The topological polar surface area (TPSA) is 29.3 Å². The Hall–Kier alpha value is -0.570. The largest absolute Gasteiger partial charge is 0.326 e. The van der Waals surface area contributed by atoms with Crippen LogP contribution in [0.5, 0.6) is 0 Å². The van der Waals surface area contributed by atoms with Gasteiger partial charge in [0.2, 0.25) is 0 Å². The van der Waals surface area contributed by atoms with Gasteiger partial charge in [0.1, 0.15) is 0 Å². The van der Waals surface area contributed by atoms with Crippen LogP contribution in [0.3, 0.4) is 0 Å². The van der Waals surface area contributed by atoms with Gasteiger partial charge in [-0.25, -0.2) is 0 Å². The summed E-state index contributed by atoms with van der Waals surface area (Å²) in [5.74, 6) is 0.828. The van der Waals surface area contributed by atoms with Crippen molar-refractivity contribution in [3.63, 3.8) is 0 Å². The van der Waals surface area contributed by atoms with Gasteiger partial charge in [0.25, 0.3) is 0 Å². The molecule has 1 fully saturated rings. The SMILES string of the molecule is CC(N)C(c1cccc(Cl)c1)N(C)CC1CCCCC1. The lowest BCUT2D eigenvalue weighted by Gasteiger charge is -2.35. The molecular weight excluding hydrogens is 268 g/mol. The van der Waals surface area contributed by atoms with Crippen LogP contribution in [0.25, 0.3) is 0 Å². The van der Waals surface area contributed by atoms with E-state index in [0.29, 0.717) is 0 Å². The highest BCUT2D eigenvalue weighted by molar-refractivity contribution is 6.30. The standard InChI is InChI=1S/C17H27ClN2/c1-13(19)17(15-9-6-10-16(18)11-15)20(2)12-14-7-4-3-5-8-14/h6,9-11,13-14,17H,3-5,7-8,12,19H2,1-2H3. The molecule has 2 N–H and O–H groups in total. The van der Waals surface area contributed by atoms with Gasteiger partial charge in [-0.2, -0.15) is 0 Å². The van der Waals surface area contributed by atoms with E-state index in [-0.39, 0.29) is 12.1 Å². The summed E-state index contributed by atoms with van der Waals surface area (Å²) in [6.07, 6.45) is 6.92. The third-order valence-corrected chi connectivity index (χ3v) is 4.67. The highest BCUT2D eigenvalue weighted by atomic mass is 35.5.